The van der Waals surface area contributed by atoms with Crippen LogP contribution in [-0.2, 0) is 14.6 Å². The molecule has 0 unspecified atom stereocenters. The Hall–Kier alpha value is -3.41. The summed E-state index contributed by atoms with van der Waals surface area (Å²) in [5.74, 6) is -1.54. The molecule has 0 saturated carbocycles. The fourth-order valence-electron chi connectivity index (χ4n) is 3.19. The summed E-state index contributed by atoms with van der Waals surface area (Å²) in [7, 11) is -3.89. The van der Waals surface area contributed by atoms with Gasteiger partial charge < -0.3 is 9.47 Å². The molecule has 12 heteroatoms. The van der Waals surface area contributed by atoms with E-state index in [0.717, 1.165) is 23.1 Å². The number of carbonyl (C=O) groups is 1. The fourth-order valence-corrected chi connectivity index (χ4v) is 4.08. The van der Waals surface area contributed by atoms with Gasteiger partial charge in [0.25, 0.3) is 0 Å². The number of halogens is 3. The third-order valence-corrected chi connectivity index (χ3v) is 6.01. The van der Waals surface area contributed by atoms with Gasteiger partial charge in [0.15, 0.2) is 9.84 Å². The molecule has 0 fully saturated rings. The van der Waals surface area contributed by atoms with E-state index in [1.807, 2.05) is 20.8 Å². The highest BCUT2D eigenvalue weighted by Gasteiger charge is 2.31. The highest BCUT2D eigenvalue weighted by Crippen LogP contribution is 2.26. The molecule has 0 radical (unpaired) electrons. The number of carbonyl (C=O) groups excluding carboxylic acids is 1. The molecular weight excluding hydrogens is 489 g/mol. The SMILES string of the molecule is CC(C)(C)CCOC(=O)c1nn(-c2ccc(OC(F)(F)F)cc2)c2cccc(S(C)(=O)=O)c2c1=O. The Kier molecular flexibility index (Phi) is 6.98. The van der Waals surface area contributed by atoms with E-state index in [1.54, 1.807) is 0 Å². The second kappa shape index (κ2) is 9.33. The molecule has 0 saturated heterocycles. The first kappa shape index (κ1) is 26.2. The van der Waals surface area contributed by atoms with E-state index in [1.165, 1.54) is 30.3 Å². The third-order valence-electron chi connectivity index (χ3n) is 4.87. The van der Waals surface area contributed by atoms with E-state index in [4.69, 9.17) is 4.74 Å². The zero-order valence-electron chi connectivity index (χ0n) is 19.3. The first-order chi connectivity index (χ1) is 16.1. The van der Waals surface area contributed by atoms with E-state index in [0.29, 0.717) is 6.42 Å². The van der Waals surface area contributed by atoms with E-state index in [-0.39, 0.29) is 33.5 Å². The Bertz CT molecular complexity index is 1420. The Labute approximate surface area is 199 Å². The van der Waals surface area contributed by atoms with Crippen molar-refractivity contribution in [1.82, 2.24) is 9.78 Å². The average Bonchev–Trinajstić information content (AvgIpc) is 2.71. The van der Waals surface area contributed by atoms with Crippen molar-refractivity contribution in [3.05, 3.63) is 58.4 Å². The lowest BCUT2D eigenvalue weighted by molar-refractivity contribution is -0.274. The van der Waals surface area contributed by atoms with Crippen molar-refractivity contribution in [2.75, 3.05) is 12.9 Å². The monoisotopic (exact) mass is 512 g/mol. The van der Waals surface area contributed by atoms with Crippen LogP contribution in [0, 0.1) is 5.41 Å². The molecule has 8 nitrogen and oxygen atoms in total. The van der Waals surface area contributed by atoms with Crippen molar-refractivity contribution >= 4 is 26.7 Å². The number of ether oxygens (including phenoxy) is 2. The van der Waals surface area contributed by atoms with Gasteiger partial charge in [-0.15, -0.1) is 13.2 Å². The van der Waals surface area contributed by atoms with Crippen LogP contribution in [0.3, 0.4) is 0 Å². The highest BCUT2D eigenvalue weighted by atomic mass is 32.2. The Morgan fingerprint density at radius 3 is 2.23 bits per heavy atom. The van der Waals surface area contributed by atoms with Crippen LogP contribution in [0.15, 0.2) is 52.2 Å². The second-order valence-corrected chi connectivity index (χ2v) is 11.0. The molecule has 0 bridgehead atoms. The van der Waals surface area contributed by atoms with Crippen molar-refractivity contribution in [2.45, 2.75) is 38.4 Å². The van der Waals surface area contributed by atoms with Crippen LogP contribution in [0.25, 0.3) is 16.6 Å². The van der Waals surface area contributed by atoms with Crippen LogP contribution in [0.5, 0.6) is 5.75 Å². The molecule has 0 aliphatic carbocycles. The van der Waals surface area contributed by atoms with Crippen LogP contribution in [0.1, 0.15) is 37.7 Å². The minimum atomic E-state index is -4.89. The van der Waals surface area contributed by atoms with Gasteiger partial charge in [0, 0.05) is 6.26 Å². The van der Waals surface area contributed by atoms with Crippen molar-refractivity contribution in [1.29, 1.82) is 0 Å². The molecule has 1 aromatic heterocycles. The third kappa shape index (κ3) is 6.38. The number of esters is 1. The summed E-state index contributed by atoms with van der Waals surface area (Å²) >= 11 is 0. The maximum Gasteiger partial charge on any atom is 0.573 e. The molecule has 3 rings (SSSR count). The maximum absolute atomic E-state index is 13.2. The van der Waals surface area contributed by atoms with Gasteiger partial charge in [-0.3, -0.25) is 4.79 Å². The molecular formula is C23H23F3N2O6S. The van der Waals surface area contributed by atoms with Gasteiger partial charge in [0.05, 0.1) is 28.1 Å². The van der Waals surface area contributed by atoms with Crippen molar-refractivity contribution in [3.63, 3.8) is 0 Å². The van der Waals surface area contributed by atoms with Gasteiger partial charge in [0.2, 0.25) is 11.1 Å². The molecule has 0 N–H and O–H groups in total. The van der Waals surface area contributed by atoms with Crippen LogP contribution >= 0.6 is 0 Å². The number of sulfone groups is 1. The Morgan fingerprint density at radius 1 is 1.06 bits per heavy atom. The maximum atomic E-state index is 13.2. The van der Waals surface area contributed by atoms with Crippen LogP contribution in [0.2, 0.25) is 0 Å². The zero-order chi connectivity index (χ0) is 26.2. The normalized spacial score (nSPS) is 12.5. The summed E-state index contributed by atoms with van der Waals surface area (Å²) in [6.45, 7) is 5.81. The van der Waals surface area contributed by atoms with Gasteiger partial charge in [-0.05, 0) is 48.2 Å². The fraction of sp³-hybridized carbons (Fsp3) is 0.348. The molecule has 35 heavy (non-hydrogen) atoms. The number of hydrogen-bond donors (Lipinski definition) is 0. The first-order valence-corrected chi connectivity index (χ1v) is 12.3. The van der Waals surface area contributed by atoms with E-state index >= 15 is 0 Å². The Balaban J connectivity index is 2.20. The predicted octanol–water partition coefficient (Wildman–Crippen LogP) is 4.28. The van der Waals surface area contributed by atoms with Crippen molar-refractivity contribution in [2.24, 2.45) is 5.41 Å². The molecule has 188 valence electrons. The minimum absolute atomic E-state index is 0.00130. The van der Waals surface area contributed by atoms with Gasteiger partial charge in [-0.2, -0.15) is 5.10 Å². The number of fused-ring (bicyclic) bond motifs is 1. The largest absolute Gasteiger partial charge is 0.573 e. The molecule has 0 atom stereocenters. The summed E-state index contributed by atoms with van der Waals surface area (Å²) in [4.78, 5) is 25.6. The molecule has 0 aliphatic heterocycles. The number of nitrogens with zero attached hydrogens (tertiary/aromatic N) is 2. The number of hydrogen-bond acceptors (Lipinski definition) is 7. The molecule has 0 amide bonds. The smallest absolute Gasteiger partial charge is 0.461 e. The average molecular weight is 513 g/mol. The van der Waals surface area contributed by atoms with Crippen LogP contribution in [0.4, 0.5) is 13.2 Å². The quantitative estimate of drug-likeness (QED) is 0.454. The van der Waals surface area contributed by atoms with Gasteiger partial charge in [0.1, 0.15) is 5.75 Å². The van der Waals surface area contributed by atoms with E-state index in [2.05, 4.69) is 9.84 Å². The summed E-state index contributed by atoms with van der Waals surface area (Å²) in [6, 6.07) is 8.51. The lowest BCUT2D eigenvalue weighted by atomic mass is 9.93. The summed E-state index contributed by atoms with van der Waals surface area (Å²) in [5, 5.41) is 3.80. The standard InChI is InChI=1S/C23H23F3N2O6S/c1-22(2,3)12-13-33-21(30)19-20(29)18-16(6-5-7-17(18)35(4,31)32)28(27-19)14-8-10-15(11-9-14)34-23(24,25)26/h5-11H,12-13H2,1-4H3. The zero-order valence-corrected chi connectivity index (χ0v) is 20.2. The van der Waals surface area contributed by atoms with Gasteiger partial charge in [-0.1, -0.05) is 26.8 Å². The van der Waals surface area contributed by atoms with Crippen molar-refractivity contribution < 1.29 is 35.9 Å². The molecule has 1 heterocycles. The lowest BCUT2D eigenvalue weighted by Crippen LogP contribution is -2.26. The number of benzene rings is 2. The topological polar surface area (TPSA) is 105 Å². The van der Waals surface area contributed by atoms with Crippen molar-refractivity contribution in [3.8, 4) is 11.4 Å². The lowest BCUT2D eigenvalue weighted by Gasteiger charge is -2.18. The molecule has 2 aromatic carbocycles. The first-order valence-electron chi connectivity index (χ1n) is 10.4. The molecule has 3 aromatic rings. The van der Waals surface area contributed by atoms with Gasteiger partial charge in [-0.25, -0.2) is 17.9 Å². The van der Waals surface area contributed by atoms with Crippen LogP contribution < -0.4 is 10.2 Å². The van der Waals surface area contributed by atoms with E-state index in [9.17, 15) is 31.2 Å². The number of rotatable bonds is 6. The summed E-state index contributed by atoms with van der Waals surface area (Å²) in [5.41, 5.74) is -1.55. The summed E-state index contributed by atoms with van der Waals surface area (Å²) < 4.78 is 72.5. The second-order valence-electron chi connectivity index (χ2n) is 9.00. The molecule has 0 spiro atoms. The summed E-state index contributed by atoms with van der Waals surface area (Å²) in [6.07, 6.45) is -3.48. The Morgan fingerprint density at radius 2 is 1.69 bits per heavy atom. The highest BCUT2D eigenvalue weighted by molar-refractivity contribution is 7.91. The van der Waals surface area contributed by atoms with E-state index < -0.39 is 39.0 Å². The molecule has 0 aliphatic rings. The predicted molar refractivity (Wildman–Crippen MR) is 121 cm³/mol. The minimum Gasteiger partial charge on any atom is -0.461 e. The van der Waals surface area contributed by atoms with Crippen LogP contribution in [-0.4, -0.2) is 43.4 Å². The number of alkyl halides is 3. The van der Waals surface area contributed by atoms with Gasteiger partial charge >= 0.3 is 12.3 Å². The number of aromatic nitrogens is 2.